The van der Waals surface area contributed by atoms with Crippen molar-refractivity contribution in [2.45, 2.75) is 22.7 Å². The predicted octanol–water partition coefficient (Wildman–Crippen LogP) is 4.01. The third-order valence-corrected chi connectivity index (χ3v) is 5.16. The minimum Gasteiger partial charge on any atom is -0.467 e. The average molecular weight is 376 g/mol. The molecule has 0 amide bonds. The zero-order valence-electron chi connectivity index (χ0n) is 13.0. The fourth-order valence-electron chi connectivity index (χ4n) is 1.96. The number of nitrogens with zero attached hydrogens (tertiary/aromatic N) is 3. The number of ketones is 1. The largest absolute Gasteiger partial charge is 0.467 e. The zero-order valence-corrected chi connectivity index (χ0v) is 14.6. The van der Waals surface area contributed by atoms with E-state index in [0.717, 1.165) is 17.5 Å². The van der Waals surface area contributed by atoms with Crippen LogP contribution in [0, 0.1) is 10.1 Å². The van der Waals surface area contributed by atoms with Crippen LogP contribution in [0.5, 0.6) is 0 Å². The second-order valence-electron chi connectivity index (χ2n) is 4.90. The molecule has 25 heavy (non-hydrogen) atoms. The van der Waals surface area contributed by atoms with Gasteiger partial charge in [-0.2, -0.15) is 0 Å². The Morgan fingerprint density at radius 1 is 1.40 bits per heavy atom. The highest BCUT2D eigenvalue weighted by molar-refractivity contribution is 8.01. The van der Waals surface area contributed by atoms with E-state index in [9.17, 15) is 14.9 Å². The summed E-state index contributed by atoms with van der Waals surface area (Å²) in [6.45, 7) is 1.84. The van der Waals surface area contributed by atoms with Crippen LogP contribution in [-0.2, 0) is 6.54 Å². The first-order valence-electron chi connectivity index (χ1n) is 7.10. The SMILES string of the molecule is CC(=O)c1ccc(Sc2nnc(NCc3ccco3)s2)c([N+](=O)[O-])c1. The minimum absolute atomic E-state index is 0.127. The molecule has 128 valence electrons. The van der Waals surface area contributed by atoms with Crippen LogP contribution in [0.4, 0.5) is 10.8 Å². The summed E-state index contributed by atoms with van der Waals surface area (Å²) in [6.07, 6.45) is 1.59. The quantitative estimate of drug-likeness (QED) is 0.374. The summed E-state index contributed by atoms with van der Waals surface area (Å²) in [4.78, 5) is 22.5. The van der Waals surface area contributed by atoms with Gasteiger partial charge in [0, 0.05) is 11.6 Å². The van der Waals surface area contributed by atoms with Crippen LogP contribution in [0.3, 0.4) is 0 Å². The molecule has 2 heterocycles. The maximum Gasteiger partial charge on any atom is 0.284 e. The van der Waals surface area contributed by atoms with Gasteiger partial charge in [-0.25, -0.2) is 0 Å². The van der Waals surface area contributed by atoms with Gasteiger partial charge in [-0.05, 0) is 43.0 Å². The lowest BCUT2D eigenvalue weighted by Gasteiger charge is -2.02. The van der Waals surface area contributed by atoms with E-state index < -0.39 is 4.92 Å². The number of anilines is 1. The number of nitro benzene ring substituents is 1. The van der Waals surface area contributed by atoms with E-state index in [4.69, 9.17) is 4.42 Å². The lowest BCUT2D eigenvalue weighted by atomic mass is 10.1. The molecule has 0 saturated carbocycles. The number of carbonyl (C=O) groups excluding carboxylic acids is 1. The van der Waals surface area contributed by atoms with Gasteiger partial charge in [0.15, 0.2) is 10.1 Å². The summed E-state index contributed by atoms with van der Waals surface area (Å²) in [5.41, 5.74) is 0.173. The highest BCUT2D eigenvalue weighted by atomic mass is 32.2. The van der Waals surface area contributed by atoms with Crippen molar-refractivity contribution < 1.29 is 14.1 Å². The van der Waals surface area contributed by atoms with E-state index in [0.29, 0.717) is 26.5 Å². The first-order valence-corrected chi connectivity index (χ1v) is 8.73. The van der Waals surface area contributed by atoms with Crippen LogP contribution >= 0.6 is 23.1 Å². The summed E-state index contributed by atoms with van der Waals surface area (Å²) >= 11 is 2.41. The molecule has 0 atom stereocenters. The Morgan fingerprint density at radius 2 is 2.24 bits per heavy atom. The Kier molecular flexibility index (Phi) is 5.10. The Hall–Kier alpha value is -2.72. The van der Waals surface area contributed by atoms with Crippen molar-refractivity contribution >= 4 is 39.7 Å². The van der Waals surface area contributed by atoms with E-state index in [1.54, 1.807) is 24.5 Å². The number of carbonyl (C=O) groups is 1. The van der Waals surface area contributed by atoms with E-state index in [1.165, 1.54) is 24.3 Å². The molecule has 0 saturated heterocycles. The predicted molar refractivity (Wildman–Crippen MR) is 93.2 cm³/mol. The molecule has 3 aromatic rings. The van der Waals surface area contributed by atoms with Crippen LogP contribution in [0.2, 0.25) is 0 Å². The van der Waals surface area contributed by atoms with Crippen molar-refractivity contribution in [3.63, 3.8) is 0 Å². The van der Waals surface area contributed by atoms with Gasteiger partial charge in [0.25, 0.3) is 5.69 Å². The first-order chi connectivity index (χ1) is 12.0. The maximum atomic E-state index is 11.4. The molecule has 0 bridgehead atoms. The Labute approximate surface area is 150 Å². The summed E-state index contributed by atoms with van der Waals surface area (Å²) < 4.78 is 5.77. The van der Waals surface area contributed by atoms with Gasteiger partial charge in [-0.1, -0.05) is 11.3 Å². The molecule has 0 radical (unpaired) electrons. The van der Waals surface area contributed by atoms with Crippen LogP contribution < -0.4 is 5.32 Å². The summed E-state index contributed by atoms with van der Waals surface area (Å²) in [5, 5.41) is 22.9. The number of Topliss-reactive ketones (excluding diaryl/α,β-unsaturated/α-hetero) is 1. The van der Waals surface area contributed by atoms with Gasteiger partial charge < -0.3 is 9.73 Å². The van der Waals surface area contributed by atoms with E-state index in [1.807, 2.05) is 6.07 Å². The molecule has 1 N–H and O–H groups in total. The fraction of sp³-hybridized carbons (Fsp3) is 0.133. The molecule has 0 aliphatic rings. The lowest BCUT2D eigenvalue weighted by molar-refractivity contribution is -0.387. The molecule has 8 nitrogen and oxygen atoms in total. The molecule has 0 aliphatic carbocycles. The Morgan fingerprint density at radius 3 is 2.92 bits per heavy atom. The normalized spacial score (nSPS) is 10.6. The third kappa shape index (κ3) is 4.22. The fourth-order valence-corrected chi connectivity index (χ4v) is 3.75. The summed E-state index contributed by atoms with van der Waals surface area (Å²) in [7, 11) is 0. The lowest BCUT2D eigenvalue weighted by Crippen LogP contribution is -1.97. The number of hydrogen-bond acceptors (Lipinski definition) is 9. The molecule has 0 fully saturated rings. The average Bonchev–Trinajstić information content (AvgIpc) is 3.24. The van der Waals surface area contributed by atoms with Crippen LogP contribution in [0.15, 0.2) is 50.2 Å². The minimum atomic E-state index is -0.508. The topological polar surface area (TPSA) is 111 Å². The van der Waals surface area contributed by atoms with Gasteiger partial charge in [0.05, 0.1) is 22.6 Å². The molecule has 2 aromatic heterocycles. The van der Waals surface area contributed by atoms with Crippen molar-refractivity contribution in [1.82, 2.24) is 10.2 Å². The van der Waals surface area contributed by atoms with Gasteiger partial charge in [0.2, 0.25) is 5.13 Å². The smallest absolute Gasteiger partial charge is 0.284 e. The van der Waals surface area contributed by atoms with Gasteiger partial charge in [-0.3, -0.25) is 14.9 Å². The molecule has 3 rings (SSSR count). The second kappa shape index (κ2) is 7.45. The number of nitro groups is 1. The molecule has 0 spiro atoms. The molecule has 1 aromatic carbocycles. The van der Waals surface area contributed by atoms with Crippen molar-refractivity contribution in [1.29, 1.82) is 0 Å². The standard InChI is InChI=1S/C15H12N4O4S2/c1-9(20)10-4-5-13(12(7-10)19(21)22)24-15-18-17-14(25-15)16-8-11-3-2-6-23-11/h2-7H,8H2,1H3,(H,16,17). The van der Waals surface area contributed by atoms with Gasteiger partial charge >= 0.3 is 0 Å². The number of furan rings is 1. The van der Waals surface area contributed by atoms with Crippen molar-refractivity contribution in [2.24, 2.45) is 0 Å². The third-order valence-electron chi connectivity index (χ3n) is 3.16. The van der Waals surface area contributed by atoms with E-state index in [2.05, 4.69) is 15.5 Å². The van der Waals surface area contributed by atoms with Crippen molar-refractivity contribution in [3.8, 4) is 0 Å². The molecular weight excluding hydrogens is 364 g/mol. The number of aromatic nitrogens is 2. The Balaban J connectivity index is 1.74. The summed E-state index contributed by atoms with van der Waals surface area (Å²) in [6, 6.07) is 8.03. The Bertz CT molecular complexity index is 908. The zero-order chi connectivity index (χ0) is 17.8. The van der Waals surface area contributed by atoms with Crippen LogP contribution in [-0.4, -0.2) is 20.9 Å². The van der Waals surface area contributed by atoms with Crippen LogP contribution in [0.1, 0.15) is 23.0 Å². The maximum absolute atomic E-state index is 11.4. The second-order valence-corrected chi connectivity index (χ2v) is 7.17. The number of nitrogens with one attached hydrogen (secondary N) is 1. The molecular formula is C15H12N4O4S2. The highest BCUT2D eigenvalue weighted by Gasteiger charge is 2.19. The monoisotopic (exact) mass is 376 g/mol. The molecule has 10 heteroatoms. The van der Waals surface area contributed by atoms with Crippen molar-refractivity contribution in [2.75, 3.05) is 5.32 Å². The number of rotatable bonds is 7. The van der Waals surface area contributed by atoms with Crippen LogP contribution in [0.25, 0.3) is 0 Å². The van der Waals surface area contributed by atoms with E-state index >= 15 is 0 Å². The van der Waals surface area contributed by atoms with Gasteiger partial charge in [-0.15, -0.1) is 10.2 Å². The van der Waals surface area contributed by atoms with Crippen molar-refractivity contribution in [3.05, 3.63) is 58.0 Å². The molecule has 0 aliphatic heterocycles. The summed E-state index contributed by atoms with van der Waals surface area (Å²) in [5.74, 6) is 0.542. The number of hydrogen-bond donors (Lipinski definition) is 1. The highest BCUT2D eigenvalue weighted by Crippen LogP contribution is 2.37. The van der Waals surface area contributed by atoms with Gasteiger partial charge in [0.1, 0.15) is 5.76 Å². The molecule has 0 unspecified atom stereocenters. The first kappa shape index (κ1) is 17.1. The number of benzene rings is 1. The van der Waals surface area contributed by atoms with E-state index in [-0.39, 0.29) is 11.5 Å².